The molecule has 1 aromatic heterocycles. The lowest BCUT2D eigenvalue weighted by Gasteiger charge is -2.13. The molecule has 1 amide bonds. The maximum atomic E-state index is 12.3. The standard InChI is InChI=1S/C22H19NO3/c1-15(21-13-17-8-3-5-11-19(17)26-21)23-22(24)14-25-20-12-6-9-16-7-2-4-10-18(16)20/h2-13,15H,14H2,1H3,(H,23,24). The van der Waals surface area contributed by atoms with Gasteiger partial charge in [0.2, 0.25) is 0 Å². The zero-order valence-electron chi connectivity index (χ0n) is 14.4. The third kappa shape index (κ3) is 3.26. The smallest absolute Gasteiger partial charge is 0.258 e. The van der Waals surface area contributed by atoms with E-state index in [-0.39, 0.29) is 18.6 Å². The largest absolute Gasteiger partial charge is 0.483 e. The average Bonchev–Trinajstić information content (AvgIpc) is 3.11. The van der Waals surface area contributed by atoms with Gasteiger partial charge in [-0.3, -0.25) is 4.79 Å². The summed E-state index contributed by atoms with van der Waals surface area (Å²) in [6.07, 6.45) is 0. The Hall–Kier alpha value is -3.27. The van der Waals surface area contributed by atoms with Gasteiger partial charge in [-0.25, -0.2) is 0 Å². The number of hydrogen-bond acceptors (Lipinski definition) is 3. The molecule has 4 nitrogen and oxygen atoms in total. The summed E-state index contributed by atoms with van der Waals surface area (Å²) in [6, 6.07) is 23.3. The van der Waals surface area contributed by atoms with Gasteiger partial charge in [0.15, 0.2) is 6.61 Å². The van der Waals surface area contributed by atoms with E-state index in [2.05, 4.69) is 5.32 Å². The number of hydrogen-bond donors (Lipinski definition) is 1. The second-order valence-electron chi connectivity index (χ2n) is 6.24. The minimum absolute atomic E-state index is 0.0431. The summed E-state index contributed by atoms with van der Waals surface area (Å²) >= 11 is 0. The Morgan fingerprint density at radius 2 is 1.73 bits per heavy atom. The lowest BCUT2D eigenvalue weighted by atomic mass is 10.1. The fourth-order valence-corrected chi connectivity index (χ4v) is 3.03. The normalized spacial score (nSPS) is 12.2. The Balaban J connectivity index is 1.42. The van der Waals surface area contributed by atoms with Gasteiger partial charge >= 0.3 is 0 Å². The summed E-state index contributed by atoms with van der Waals surface area (Å²) in [5.41, 5.74) is 0.815. The number of carbonyl (C=O) groups excluding carboxylic acids is 1. The van der Waals surface area contributed by atoms with E-state index in [1.807, 2.05) is 79.7 Å². The van der Waals surface area contributed by atoms with Crippen LogP contribution in [0, 0.1) is 0 Å². The number of ether oxygens (including phenoxy) is 1. The van der Waals surface area contributed by atoms with Crippen LogP contribution in [0.4, 0.5) is 0 Å². The van der Waals surface area contributed by atoms with Crippen molar-refractivity contribution in [3.05, 3.63) is 78.6 Å². The summed E-state index contributed by atoms with van der Waals surface area (Å²) in [5, 5.41) is 6.02. The maximum absolute atomic E-state index is 12.3. The highest BCUT2D eigenvalue weighted by Crippen LogP contribution is 2.25. The van der Waals surface area contributed by atoms with E-state index in [4.69, 9.17) is 9.15 Å². The molecular formula is C22H19NO3. The Labute approximate surface area is 151 Å². The molecule has 1 heterocycles. The number of fused-ring (bicyclic) bond motifs is 2. The third-order valence-electron chi connectivity index (χ3n) is 4.36. The summed E-state index contributed by atoms with van der Waals surface area (Å²) in [5.74, 6) is 1.24. The van der Waals surface area contributed by atoms with Crippen molar-refractivity contribution in [2.45, 2.75) is 13.0 Å². The average molecular weight is 345 g/mol. The van der Waals surface area contributed by atoms with E-state index in [1.54, 1.807) is 0 Å². The molecule has 0 radical (unpaired) electrons. The van der Waals surface area contributed by atoms with Crippen LogP contribution in [0.1, 0.15) is 18.7 Å². The minimum atomic E-state index is -0.231. The highest BCUT2D eigenvalue weighted by molar-refractivity contribution is 5.88. The molecule has 4 aromatic rings. The lowest BCUT2D eigenvalue weighted by Crippen LogP contribution is -2.31. The molecule has 4 rings (SSSR count). The lowest BCUT2D eigenvalue weighted by molar-refractivity contribution is -0.123. The Morgan fingerprint density at radius 1 is 1.00 bits per heavy atom. The van der Waals surface area contributed by atoms with Gasteiger partial charge in [-0.05, 0) is 30.5 Å². The van der Waals surface area contributed by atoms with Gasteiger partial charge in [0.1, 0.15) is 17.1 Å². The molecule has 1 N–H and O–H groups in total. The molecule has 0 saturated heterocycles. The van der Waals surface area contributed by atoms with Crippen molar-refractivity contribution in [2.75, 3.05) is 6.61 Å². The van der Waals surface area contributed by atoms with Crippen LogP contribution < -0.4 is 10.1 Å². The predicted molar refractivity (Wildman–Crippen MR) is 102 cm³/mol. The van der Waals surface area contributed by atoms with Gasteiger partial charge < -0.3 is 14.5 Å². The Bertz CT molecular complexity index is 1030. The van der Waals surface area contributed by atoms with E-state index >= 15 is 0 Å². The van der Waals surface area contributed by atoms with Gasteiger partial charge in [0.05, 0.1) is 6.04 Å². The first-order valence-corrected chi connectivity index (χ1v) is 8.59. The minimum Gasteiger partial charge on any atom is -0.483 e. The molecule has 0 aliphatic heterocycles. The van der Waals surface area contributed by atoms with Crippen molar-refractivity contribution in [3.63, 3.8) is 0 Å². The fourth-order valence-electron chi connectivity index (χ4n) is 3.03. The molecule has 0 saturated carbocycles. The highest BCUT2D eigenvalue weighted by Gasteiger charge is 2.15. The number of nitrogens with one attached hydrogen (secondary N) is 1. The second kappa shape index (κ2) is 6.92. The van der Waals surface area contributed by atoms with Crippen LogP contribution in [0.25, 0.3) is 21.7 Å². The third-order valence-corrected chi connectivity index (χ3v) is 4.36. The van der Waals surface area contributed by atoms with Crippen LogP contribution in [-0.4, -0.2) is 12.5 Å². The van der Waals surface area contributed by atoms with E-state index < -0.39 is 0 Å². The monoisotopic (exact) mass is 345 g/mol. The fraction of sp³-hybridized carbons (Fsp3) is 0.136. The van der Waals surface area contributed by atoms with Crippen molar-refractivity contribution in [3.8, 4) is 5.75 Å². The van der Waals surface area contributed by atoms with Crippen LogP contribution in [-0.2, 0) is 4.79 Å². The van der Waals surface area contributed by atoms with Crippen LogP contribution in [0.2, 0.25) is 0 Å². The molecule has 4 heteroatoms. The molecular weight excluding hydrogens is 326 g/mol. The first-order chi connectivity index (χ1) is 12.7. The molecule has 1 unspecified atom stereocenters. The molecule has 1 atom stereocenters. The molecule has 0 bridgehead atoms. The maximum Gasteiger partial charge on any atom is 0.258 e. The van der Waals surface area contributed by atoms with Crippen LogP contribution in [0.3, 0.4) is 0 Å². The highest BCUT2D eigenvalue weighted by atomic mass is 16.5. The molecule has 26 heavy (non-hydrogen) atoms. The van der Waals surface area contributed by atoms with Crippen molar-refractivity contribution >= 4 is 27.6 Å². The van der Waals surface area contributed by atoms with Gasteiger partial charge in [-0.15, -0.1) is 0 Å². The summed E-state index contributed by atoms with van der Waals surface area (Å²) < 4.78 is 11.5. The summed E-state index contributed by atoms with van der Waals surface area (Å²) in [6.45, 7) is 1.85. The van der Waals surface area contributed by atoms with E-state index in [0.29, 0.717) is 5.75 Å². The molecule has 0 spiro atoms. The SMILES string of the molecule is CC(NC(=O)COc1cccc2ccccc12)c1cc2ccccc2o1. The molecule has 130 valence electrons. The molecule has 0 aliphatic carbocycles. The number of amides is 1. The van der Waals surface area contributed by atoms with Gasteiger partial charge in [0, 0.05) is 10.8 Å². The Morgan fingerprint density at radius 3 is 2.58 bits per heavy atom. The van der Waals surface area contributed by atoms with Crippen molar-refractivity contribution in [2.24, 2.45) is 0 Å². The zero-order chi connectivity index (χ0) is 17.9. The van der Waals surface area contributed by atoms with E-state index in [1.165, 1.54) is 0 Å². The van der Waals surface area contributed by atoms with Crippen molar-refractivity contribution in [1.29, 1.82) is 0 Å². The van der Waals surface area contributed by atoms with E-state index in [0.717, 1.165) is 27.5 Å². The first kappa shape index (κ1) is 16.2. The topological polar surface area (TPSA) is 51.5 Å². The number of para-hydroxylation sites is 1. The number of rotatable bonds is 5. The first-order valence-electron chi connectivity index (χ1n) is 8.59. The molecule has 3 aromatic carbocycles. The summed E-state index contributed by atoms with van der Waals surface area (Å²) in [7, 11) is 0. The van der Waals surface area contributed by atoms with Gasteiger partial charge in [-0.1, -0.05) is 54.6 Å². The Kier molecular flexibility index (Phi) is 4.32. The zero-order valence-corrected chi connectivity index (χ0v) is 14.4. The number of carbonyl (C=O) groups is 1. The number of furan rings is 1. The second-order valence-corrected chi connectivity index (χ2v) is 6.24. The predicted octanol–water partition coefficient (Wildman–Crippen LogP) is 4.84. The van der Waals surface area contributed by atoms with Gasteiger partial charge in [0.25, 0.3) is 5.91 Å². The van der Waals surface area contributed by atoms with Crippen LogP contribution in [0.5, 0.6) is 5.75 Å². The van der Waals surface area contributed by atoms with Crippen molar-refractivity contribution in [1.82, 2.24) is 5.32 Å². The van der Waals surface area contributed by atoms with E-state index in [9.17, 15) is 4.79 Å². The number of benzene rings is 3. The van der Waals surface area contributed by atoms with Crippen LogP contribution >= 0.6 is 0 Å². The quantitative estimate of drug-likeness (QED) is 0.563. The summed E-state index contributed by atoms with van der Waals surface area (Å²) in [4.78, 5) is 12.3. The molecule has 0 aliphatic rings. The van der Waals surface area contributed by atoms with Crippen molar-refractivity contribution < 1.29 is 13.9 Å². The van der Waals surface area contributed by atoms with Gasteiger partial charge in [-0.2, -0.15) is 0 Å². The van der Waals surface area contributed by atoms with Crippen LogP contribution in [0.15, 0.2) is 77.2 Å². The molecule has 0 fully saturated rings.